The Morgan fingerprint density at radius 2 is 2.06 bits per heavy atom. The summed E-state index contributed by atoms with van der Waals surface area (Å²) in [5.41, 5.74) is 9.42. The zero-order valence-electron chi connectivity index (χ0n) is 10.6. The molecule has 2 N–H and O–H groups in total. The molecule has 1 aromatic heterocycles. The Balaban J connectivity index is 2.25. The lowest BCUT2D eigenvalue weighted by molar-refractivity contribution is 0.696. The lowest BCUT2D eigenvalue weighted by Crippen LogP contribution is -2.05. The van der Waals surface area contributed by atoms with Crippen LogP contribution >= 0.6 is 0 Å². The van der Waals surface area contributed by atoms with Crippen molar-refractivity contribution in [2.45, 2.75) is 26.8 Å². The average molecular weight is 230 g/mol. The highest BCUT2D eigenvalue weighted by Gasteiger charge is 2.07. The van der Waals surface area contributed by atoms with E-state index in [1.165, 1.54) is 16.7 Å². The van der Waals surface area contributed by atoms with E-state index in [0.29, 0.717) is 6.54 Å². The molecule has 2 rings (SSSR count). The maximum absolute atomic E-state index is 5.58. The lowest BCUT2D eigenvalue weighted by Gasteiger charge is -2.04. The van der Waals surface area contributed by atoms with Crippen molar-refractivity contribution in [3.05, 3.63) is 46.5 Å². The van der Waals surface area contributed by atoms with Gasteiger partial charge in [0.2, 0.25) is 0 Å². The van der Waals surface area contributed by atoms with Crippen LogP contribution in [0.15, 0.2) is 18.2 Å². The number of hydrogen-bond acceptors (Lipinski definition) is 3. The molecule has 1 aromatic carbocycles. The molecule has 0 saturated heterocycles. The largest absolute Gasteiger partial charge is 0.324 e. The Morgan fingerprint density at radius 1 is 1.29 bits per heavy atom. The molecule has 0 fully saturated rings. The molecule has 0 spiro atoms. The smallest absolute Gasteiger partial charge is 0.155 e. The standard InChI is InChI=1S/C13H18N4/c1-9-4-5-11(10(2)6-9)7-12-15-13(8-14)17(3)16-12/h4-6H,7-8,14H2,1-3H3. The minimum absolute atomic E-state index is 0.427. The molecule has 0 bridgehead atoms. The Hall–Kier alpha value is -1.68. The third-order valence-corrected chi connectivity index (χ3v) is 2.93. The molecule has 0 radical (unpaired) electrons. The number of aromatic nitrogens is 3. The number of hydrogen-bond donors (Lipinski definition) is 1. The Morgan fingerprint density at radius 3 is 2.65 bits per heavy atom. The van der Waals surface area contributed by atoms with Crippen molar-refractivity contribution < 1.29 is 0 Å². The van der Waals surface area contributed by atoms with Gasteiger partial charge in [-0.3, -0.25) is 4.68 Å². The van der Waals surface area contributed by atoms with Crippen molar-refractivity contribution in [2.24, 2.45) is 12.8 Å². The average Bonchev–Trinajstić information content (AvgIpc) is 2.63. The summed E-state index contributed by atoms with van der Waals surface area (Å²) in [6.07, 6.45) is 0.764. The molecular formula is C13H18N4. The van der Waals surface area contributed by atoms with E-state index in [1.807, 2.05) is 7.05 Å². The molecular weight excluding hydrogens is 212 g/mol. The van der Waals surface area contributed by atoms with Gasteiger partial charge in [0, 0.05) is 13.5 Å². The number of benzene rings is 1. The molecule has 1 heterocycles. The van der Waals surface area contributed by atoms with Crippen LogP contribution in [-0.4, -0.2) is 14.8 Å². The highest BCUT2D eigenvalue weighted by Crippen LogP contribution is 2.13. The van der Waals surface area contributed by atoms with E-state index < -0.39 is 0 Å². The van der Waals surface area contributed by atoms with Crippen molar-refractivity contribution in [1.82, 2.24) is 14.8 Å². The van der Waals surface area contributed by atoms with Crippen molar-refractivity contribution >= 4 is 0 Å². The summed E-state index contributed by atoms with van der Waals surface area (Å²) < 4.78 is 1.75. The summed E-state index contributed by atoms with van der Waals surface area (Å²) in [4.78, 5) is 4.41. The highest BCUT2D eigenvalue weighted by molar-refractivity contribution is 5.32. The van der Waals surface area contributed by atoms with E-state index in [9.17, 15) is 0 Å². The fraction of sp³-hybridized carbons (Fsp3) is 0.385. The molecule has 4 heteroatoms. The predicted molar refractivity (Wildman–Crippen MR) is 67.6 cm³/mol. The number of aryl methyl sites for hydroxylation is 3. The second-order valence-electron chi connectivity index (χ2n) is 4.38. The van der Waals surface area contributed by atoms with Gasteiger partial charge in [0.15, 0.2) is 5.82 Å². The first-order chi connectivity index (χ1) is 8.10. The van der Waals surface area contributed by atoms with Gasteiger partial charge < -0.3 is 5.73 Å². The molecule has 90 valence electrons. The van der Waals surface area contributed by atoms with Crippen molar-refractivity contribution in [2.75, 3.05) is 0 Å². The van der Waals surface area contributed by atoms with E-state index in [2.05, 4.69) is 42.1 Å². The van der Waals surface area contributed by atoms with Gasteiger partial charge in [-0.1, -0.05) is 23.8 Å². The van der Waals surface area contributed by atoms with Crippen LogP contribution < -0.4 is 5.73 Å². The highest BCUT2D eigenvalue weighted by atomic mass is 15.3. The SMILES string of the molecule is Cc1ccc(Cc2nc(CN)n(C)n2)c(C)c1. The molecule has 0 aliphatic rings. The van der Waals surface area contributed by atoms with Crippen LogP contribution in [-0.2, 0) is 20.0 Å². The van der Waals surface area contributed by atoms with E-state index in [0.717, 1.165) is 18.1 Å². The lowest BCUT2D eigenvalue weighted by atomic mass is 10.0. The van der Waals surface area contributed by atoms with Gasteiger partial charge in [-0.05, 0) is 25.0 Å². The fourth-order valence-corrected chi connectivity index (χ4v) is 1.94. The van der Waals surface area contributed by atoms with Gasteiger partial charge in [-0.25, -0.2) is 4.98 Å². The summed E-state index contributed by atoms with van der Waals surface area (Å²) in [6.45, 7) is 4.65. The summed E-state index contributed by atoms with van der Waals surface area (Å²) in [7, 11) is 1.88. The van der Waals surface area contributed by atoms with Crippen LogP contribution in [0.3, 0.4) is 0 Å². The molecule has 0 aliphatic heterocycles. The maximum Gasteiger partial charge on any atom is 0.155 e. The van der Waals surface area contributed by atoms with Crippen molar-refractivity contribution in [3.8, 4) is 0 Å². The van der Waals surface area contributed by atoms with E-state index in [-0.39, 0.29) is 0 Å². The number of rotatable bonds is 3. The second-order valence-corrected chi connectivity index (χ2v) is 4.38. The minimum Gasteiger partial charge on any atom is -0.324 e. The first-order valence-corrected chi connectivity index (χ1v) is 5.75. The van der Waals surface area contributed by atoms with Gasteiger partial charge >= 0.3 is 0 Å². The molecule has 4 nitrogen and oxygen atoms in total. The molecule has 17 heavy (non-hydrogen) atoms. The zero-order valence-corrected chi connectivity index (χ0v) is 10.6. The number of nitrogens with two attached hydrogens (primary N) is 1. The predicted octanol–water partition coefficient (Wildman–Crippen LogP) is 1.48. The summed E-state index contributed by atoms with van der Waals surface area (Å²) in [6, 6.07) is 6.44. The minimum atomic E-state index is 0.427. The van der Waals surface area contributed by atoms with Crippen LogP contribution in [0.5, 0.6) is 0 Å². The van der Waals surface area contributed by atoms with Gasteiger partial charge in [-0.2, -0.15) is 5.10 Å². The second kappa shape index (κ2) is 4.67. The Bertz CT molecular complexity index is 528. The third-order valence-electron chi connectivity index (χ3n) is 2.93. The quantitative estimate of drug-likeness (QED) is 0.869. The number of nitrogens with zero attached hydrogens (tertiary/aromatic N) is 3. The Kier molecular flexibility index (Phi) is 3.24. The monoisotopic (exact) mass is 230 g/mol. The first kappa shape index (κ1) is 11.8. The van der Waals surface area contributed by atoms with Gasteiger partial charge in [-0.15, -0.1) is 0 Å². The zero-order chi connectivity index (χ0) is 12.4. The molecule has 0 amide bonds. The van der Waals surface area contributed by atoms with E-state index >= 15 is 0 Å². The Labute approximate surface area is 101 Å². The first-order valence-electron chi connectivity index (χ1n) is 5.75. The molecule has 2 aromatic rings. The molecule has 0 saturated carbocycles. The van der Waals surface area contributed by atoms with Gasteiger partial charge in [0.25, 0.3) is 0 Å². The maximum atomic E-state index is 5.58. The van der Waals surface area contributed by atoms with Crippen molar-refractivity contribution in [1.29, 1.82) is 0 Å². The fourth-order valence-electron chi connectivity index (χ4n) is 1.94. The van der Waals surface area contributed by atoms with Crippen LogP contribution in [0.4, 0.5) is 0 Å². The van der Waals surface area contributed by atoms with Crippen molar-refractivity contribution in [3.63, 3.8) is 0 Å². The summed E-state index contributed by atoms with van der Waals surface area (Å²) in [5, 5.41) is 4.37. The van der Waals surface area contributed by atoms with Crippen LogP contribution in [0.25, 0.3) is 0 Å². The van der Waals surface area contributed by atoms with E-state index in [4.69, 9.17) is 5.73 Å². The van der Waals surface area contributed by atoms with Crippen LogP contribution in [0, 0.1) is 13.8 Å². The molecule has 0 aliphatic carbocycles. The normalized spacial score (nSPS) is 10.8. The topological polar surface area (TPSA) is 56.7 Å². The van der Waals surface area contributed by atoms with Crippen LogP contribution in [0.1, 0.15) is 28.3 Å². The molecule has 0 atom stereocenters. The molecule has 0 unspecified atom stereocenters. The third kappa shape index (κ3) is 2.53. The summed E-state index contributed by atoms with van der Waals surface area (Å²) in [5.74, 6) is 1.66. The summed E-state index contributed by atoms with van der Waals surface area (Å²) >= 11 is 0. The van der Waals surface area contributed by atoms with Gasteiger partial charge in [0.05, 0.1) is 6.54 Å². The van der Waals surface area contributed by atoms with E-state index in [1.54, 1.807) is 4.68 Å². The van der Waals surface area contributed by atoms with Crippen LogP contribution in [0.2, 0.25) is 0 Å². The van der Waals surface area contributed by atoms with Gasteiger partial charge in [0.1, 0.15) is 5.82 Å².